The summed E-state index contributed by atoms with van der Waals surface area (Å²) < 4.78 is 5.08. The molecule has 0 saturated carbocycles. The van der Waals surface area contributed by atoms with E-state index < -0.39 is 5.92 Å². The minimum absolute atomic E-state index is 0.0913. The van der Waals surface area contributed by atoms with Crippen molar-refractivity contribution < 1.29 is 14.3 Å². The van der Waals surface area contributed by atoms with E-state index in [1.54, 1.807) is 55.8 Å². The zero-order valence-corrected chi connectivity index (χ0v) is 15.3. The van der Waals surface area contributed by atoms with Crippen LogP contribution in [0.25, 0.3) is 0 Å². The molecular formula is C20H19ClN2O3. The highest BCUT2D eigenvalue weighted by atomic mass is 35.5. The van der Waals surface area contributed by atoms with E-state index in [2.05, 4.69) is 4.99 Å². The number of carbonyl (C=O) groups is 2. The zero-order chi connectivity index (χ0) is 18.7. The van der Waals surface area contributed by atoms with Gasteiger partial charge in [0.25, 0.3) is 5.91 Å². The van der Waals surface area contributed by atoms with Crippen molar-refractivity contribution >= 4 is 35.3 Å². The van der Waals surface area contributed by atoms with Gasteiger partial charge in [-0.05, 0) is 30.7 Å². The van der Waals surface area contributed by atoms with Gasteiger partial charge in [-0.3, -0.25) is 14.6 Å². The summed E-state index contributed by atoms with van der Waals surface area (Å²) in [4.78, 5) is 31.7. The highest BCUT2D eigenvalue weighted by Gasteiger charge is 2.39. The lowest BCUT2D eigenvalue weighted by Gasteiger charge is -2.31. The van der Waals surface area contributed by atoms with Crippen LogP contribution in [0.5, 0.6) is 0 Å². The molecule has 26 heavy (non-hydrogen) atoms. The Hall–Kier alpha value is -2.50. The predicted molar refractivity (Wildman–Crippen MR) is 102 cm³/mol. The molecule has 2 atom stereocenters. The maximum atomic E-state index is 13.1. The number of nitrogens with zero attached hydrogens (tertiary/aromatic N) is 2. The summed E-state index contributed by atoms with van der Waals surface area (Å²) in [5.41, 5.74) is 1.50. The van der Waals surface area contributed by atoms with Crippen molar-refractivity contribution in [1.29, 1.82) is 0 Å². The molecule has 1 unspecified atom stereocenters. The molecule has 0 radical (unpaired) electrons. The second kappa shape index (κ2) is 7.81. The molecule has 0 bridgehead atoms. The van der Waals surface area contributed by atoms with Gasteiger partial charge in [0.05, 0.1) is 29.3 Å². The first-order valence-electron chi connectivity index (χ1n) is 8.28. The lowest BCUT2D eigenvalue weighted by Crippen LogP contribution is -2.45. The number of rotatable bonds is 5. The van der Waals surface area contributed by atoms with Crippen molar-refractivity contribution in [3.8, 4) is 0 Å². The third kappa shape index (κ3) is 3.41. The molecule has 0 fully saturated rings. The number of hydrogen-bond acceptors (Lipinski definition) is 4. The van der Waals surface area contributed by atoms with E-state index in [0.29, 0.717) is 28.4 Å². The van der Waals surface area contributed by atoms with Gasteiger partial charge in [-0.25, -0.2) is 4.90 Å². The van der Waals surface area contributed by atoms with Crippen molar-refractivity contribution in [2.45, 2.75) is 18.9 Å². The Morgan fingerprint density at radius 3 is 2.62 bits per heavy atom. The van der Waals surface area contributed by atoms with Crippen LogP contribution < -0.4 is 4.90 Å². The molecule has 2 aromatic rings. The first kappa shape index (κ1) is 18.3. The molecule has 1 aliphatic heterocycles. The van der Waals surface area contributed by atoms with Crippen LogP contribution >= 0.6 is 11.6 Å². The van der Waals surface area contributed by atoms with Gasteiger partial charge in [-0.1, -0.05) is 41.9 Å². The van der Waals surface area contributed by atoms with Gasteiger partial charge in [0.2, 0.25) is 5.91 Å². The first-order chi connectivity index (χ1) is 12.5. The van der Waals surface area contributed by atoms with E-state index in [0.717, 1.165) is 4.90 Å². The Labute approximate surface area is 157 Å². The summed E-state index contributed by atoms with van der Waals surface area (Å²) >= 11 is 6.24. The van der Waals surface area contributed by atoms with Crippen LogP contribution in [-0.2, 0) is 9.53 Å². The van der Waals surface area contributed by atoms with Crippen LogP contribution in [-0.4, -0.2) is 37.8 Å². The van der Waals surface area contributed by atoms with Crippen LogP contribution in [0.15, 0.2) is 53.5 Å². The Kier molecular flexibility index (Phi) is 5.49. The minimum Gasteiger partial charge on any atom is -0.382 e. The van der Waals surface area contributed by atoms with E-state index in [-0.39, 0.29) is 17.9 Å². The number of ether oxygens (including phenoxy) is 1. The average Bonchev–Trinajstić information content (AvgIpc) is 2.63. The summed E-state index contributed by atoms with van der Waals surface area (Å²) in [7, 11) is 1.60. The molecule has 0 spiro atoms. The van der Waals surface area contributed by atoms with Crippen LogP contribution in [0.4, 0.5) is 5.69 Å². The number of methoxy groups -OCH3 is 1. The van der Waals surface area contributed by atoms with Gasteiger partial charge < -0.3 is 4.74 Å². The van der Waals surface area contributed by atoms with Gasteiger partial charge in [0.1, 0.15) is 0 Å². The first-order valence-corrected chi connectivity index (χ1v) is 8.66. The quantitative estimate of drug-likeness (QED) is 0.595. The van der Waals surface area contributed by atoms with E-state index in [1.165, 1.54) is 0 Å². The molecule has 1 aliphatic rings. The van der Waals surface area contributed by atoms with Crippen molar-refractivity contribution in [2.24, 2.45) is 4.99 Å². The minimum atomic E-state index is -0.653. The van der Waals surface area contributed by atoms with Crippen molar-refractivity contribution in [2.75, 3.05) is 18.6 Å². The largest absolute Gasteiger partial charge is 0.382 e. The Morgan fingerprint density at radius 2 is 1.88 bits per heavy atom. The number of fused-ring (bicyclic) bond motifs is 1. The van der Waals surface area contributed by atoms with Crippen molar-refractivity contribution in [3.05, 3.63) is 64.7 Å². The summed E-state index contributed by atoms with van der Waals surface area (Å²) in [6, 6.07) is 13.8. The summed E-state index contributed by atoms with van der Waals surface area (Å²) in [6.45, 7) is 2.35. The summed E-state index contributed by atoms with van der Waals surface area (Å²) in [5, 5.41) is 0.344. The normalized spacial score (nSPS) is 18.3. The van der Waals surface area contributed by atoms with Gasteiger partial charge in [0.15, 0.2) is 0 Å². The van der Waals surface area contributed by atoms with E-state index in [1.807, 2.05) is 13.0 Å². The van der Waals surface area contributed by atoms with E-state index in [9.17, 15) is 9.59 Å². The lowest BCUT2D eigenvalue weighted by atomic mass is 9.89. The predicted octanol–water partition coefficient (Wildman–Crippen LogP) is 3.72. The summed E-state index contributed by atoms with van der Waals surface area (Å²) in [5.74, 6) is -1.40. The smallest absolute Gasteiger partial charge is 0.265 e. The maximum absolute atomic E-state index is 13.1. The average molecular weight is 371 g/mol. The van der Waals surface area contributed by atoms with Gasteiger partial charge in [-0.2, -0.15) is 0 Å². The maximum Gasteiger partial charge on any atom is 0.265 e. The number of anilines is 1. The molecular weight excluding hydrogens is 352 g/mol. The Bertz CT molecular complexity index is 866. The number of para-hydroxylation sites is 1. The standard InChI is InChI=1S/C20H19ClN2O3/c1-13(12-26-2)22-11-16-14-7-3-4-8-15(14)19(24)23(20(16)25)18-10-6-5-9-17(18)21/h3-11,13,16H,12H2,1-2H3/t13-,16?/m1/s1. The number of aliphatic imine (C=N–C) groups is 1. The SMILES string of the molecule is COC[C@@H](C)N=CC1C(=O)N(c2ccccc2Cl)C(=O)c2ccccc21. The fourth-order valence-corrected chi connectivity index (χ4v) is 3.20. The molecule has 0 aromatic heterocycles. The van der Waals surface area contributed by atoms with Crippen molar-refractivity contribution in [1.82, 2.24) is 0 Å². The zero-order valence-electron chi connectivity index (χ0n) is 14.6. The molecule has 134 valence electrons. The highest BCUT2D eigenvalue weighted by Crippen LogP contribution is 2.35. The molecule has 3 rings (SSSR count). The number of halogens is 1. The van der Waals surface area contributed by atoms with E-state index >= 15 is 0 Å². The van der Waals surface area contributed by atoms with Crippen LogP contribution in [0.2, 0.25) is 5.02 Å². The Balaban J connectivity index is 2.07. The van der Waals surface area contributed by atoms with E-state index in [4.69, 9.17) is 16.3 Å². The van der Waals surface area contributed by atoms with Crippen LogP contribution in [0.1, 0.15) is 28.8 Å². The summed E-state index contributed by atoms with van der Waals surface area (Å²) in [6.07, 6.45) is 1.60. The van der Waals surface area contributed by atoms with Gasteiger partial charge >= 0.3 is 0 Å². The molecule has 5 nitrogen and oxygen atoms in total. The number of hydrogen-bond donors (Lipinski definition) is 0. The lowest BCUT2D eigenvalue weighted by molar-refractivity contribution is -0.118. The number of benzene rings is 2. The molecule has 0 saturated heterocycles. The monoisotopic (exact) mass is 370 g/mol. The number of amides is 2. The molecule has 2 amide bonds. The third-order valence-corrected chi connectivity index (χ3v) is 4.53. The third-order valence-electron chi connectivity index (χ3n) is 4.21. The fraction of sp³-hybridized carbons (Fsp3) is 0.250. The van der Waals surface area contributed by atoms with Crippen LogP contribution in [0.3, 0.4) is 0 Å². The molecule has 6 heteroatoms. The number of imide groups is 1. The second-order valence-electron chi connectivity index (χ2n) is 6.10. The van der Waals surface area contributed by atoms with Gasteiger partial charge in [-0.15, -0.1) is 0 Å². The number of carbonyl (C=O) groups excluding carboxylic acids is 2. The molecule has 2 aromatic carbocycles. The Morgan fingerprint density at radius 1 is 1.19 bits per heavy atom. The topological polar surface area (TPSA) is 59.0 Å². The van der Waals surface area contributed by atoms with Crippen molar-refractivity contribution in [3.63, 3.8) is 0 Å². The molecule has 0 N–H and O–H groups in total. The van der Waals surface area contributed by atoms with Crippen LogP contribution in [0, 0.1) is 0 Å². The molecule has 1 heterocycles. The highest BCUT2D eigenvalue weighted by molar-refractivity contribution is 6.37. The fourth-order valence-electron chi connectivity index (χ4n) is 2.98. The molecule has 0 aliphatic carbocycles. The van der Waals surface area contributed by atoms with Gasteiger partial charge in [0, 0.05) is 18.9 Å². The second-order valence-corrected chi connectivity index (χ2v) is 6.50.